The number of nitrogens with one attached hydrogen (secondary N) is 1. The molecule has 1 aliphatic rings. The van der Waals surface area contributed by atoms with E-state index >= 15 is 0 Å². The van der Waals surface area contributed by atoms with Crippen molar-refractivity contribution in [2.75, 3.05) is 6.54 Å². The van der Waals surface area contributed by atoms with Crippen LogP contribution in [0.4, 0.5) is 0 Å². The van der Waals surface area contributed by atoms with Gasteiger partial charge in [0.15, 0.2) is 0 Å². The lowest BCUT2D eigenvalue weighted by atomic mass is 9.81. The molecule has 0 bridgehead atoms. The lowest BCUT2D eigenvalue weighted by Crippen LogP contribution is -2.38. The summed E-state index contributed by atoms with van der Waals surface area (Å²) < 4.78 is 0. The third-order valence-corrected chi connectivity index (χ3v) is 5.52. The van der Waals surface area contributed by atoms with Gasteiger partial charge in [-0.3, -0.25) is 4.79 Å². The molecule has 0 radical (unpaired) electrons. The highest BCUT2D eigenvalue weighted by atomic mass is 16.3. The molecule has 3 atom stereocenters. The predicted octanol–water partition coefficient (Wildman–Crippen LogP) is 3.78. The van der Waals surface area contributed by atoms with Gasteiger partial charge in [-0.25, -0.2) is 0 Å². The van der Waals surface area contributed by atoms with E-state index in [1.54, 1.807) is 6.08 Å². The third kappa shape index (κ3) is 9.41. The molecule has 1 rings (SSSR count). The molecule has 0 aromatic rings. The lowest BCUT2D eigenvalue weighted by molar-refractivity contribution is -0.116. The van der Waals surface area contributed by atoms with E-state index in [-0.39, 0.29) is 17.9 Å². The second kappa shape index (κ2) is 12.5. The molecule has 4 heteroatoms. The monoisotopic (exact) mass is 352 g/mol. The molecule has 1 saturated carbocycles. The molecule has 0 aromatic carbocycles. The first-order valence-corrected chi connectivity index (χ1v) is 10.3. The molecule has 1 fully saturated rings. The Kier molecular flexibility index (Phi) is 11.1. The van der Waals surface area contributed by atoms with Crippen molar-refractivity contribution in [1.29, 1.82) is 0 Å². The molecular weight excluding hydrogens is 312 g/mol. The van der Waals surface area contributed by atoms with Crippen molar-refractivity contribution >= 4 is 5.91 Å². The van der Waals surface area contributed by atoms with Crippen molar-refractivity contribution in [3.8, 4) is 0 Å². The molecule has 146 valence electrons. The highest BCUT2D eigenvalue weighted by Crippen LogP contribution is 2.29. The second-order valence-corrected chi connectivity index (χ2v) is 8.12. The first-order chi connectivity index (χ1) is 11.9. The third-order valence-electron chi connectivity index (χ3n) is 5.52. The second-order valence-electron chi connectivity index (χ2n) is 8.12. The van der Waals surface area contributed by atoms with Crippen LogP contribution < -0.4 is 11.1 Å². The number of hydrogen-bond donors (Lipinski definition) is 3. The van der Waals surface area contributed by atoms with Gasteiger partial charge in [-0.15, -0.1) is 0 Å². The van der Waals surface area contributed by atoms with Gasteiger partial charge in [0.05, 0.1) is 6.10 Å². The van der Waals surface area contributed by atoms with Crippen molar-refractivity contribution in [3.05, 3.63) is 12.2 Å². The van der Waals surface area contributed by atoms with Gasteiger partial charge in [0.2, 0.25) is 5.91 Å². The summed E-state index contributed by atoms with van der Waals surface area (Å²) in [6.45, 7) is 7.09. The van der Waals surface area contributed by atoms with Crippen LogP contribution in [0, 0.1) is 17.8 Å². The van der Waals surface area contributed by atoms with Crippen LogP contribution in [0.25, 0.3) is 0 Å². The Morgan fingerprint density at radius 3 is 2.56 bits per heavy atom. The molecule has 0 unspecified atom stereocenters. The number of carbonyl (C=O) groups excluding carboxylic acids is 1. The lowest BCUT2D eigenvalue weighted by Gasteiger charge is -2.29. The molecule has 1 amide bonds. The fraction of sp³-hybridized carbons (Fsp3) is 0.857. The summed E-state index contributed by atoms with van der Waals surface area (Å²) in [5.74, 6) is 1.18. The fourth-order valence-electron chi connectivity index (χ4n) is 3.65. The van der Waals surface area contributed by atoms with Crippen LogP contribution >= 0.6 is 0 Å². The summed E-state index contributed by atoms with van der Waals surface area (Å²) in [4.78, 5) is 11.8. The quantitative estimate of drug-likeness (QED) is 0.391. The summed E-state index contributed by atoms with van der Waals surface area (Å²) in [6.07, 6.45) is 13.2. The van der Waals surface area contributed by atoms with E-state index in [4.69, 9.17) is 5.73 Å². The van der Waals surface area contributed by atoms with Gasteiger partial charge >= 0.3 is 0 Å². The van der Waals surface area contributed by atoms with Gasteiger partial charge in [0.25, 0.3) is 0 Å². The van der Waals surface area contributed by atoms with E-state index in [1.807, 2.05) is 6.08 Å². The van der Waals surface area contributed by atoms with Gasteiger partial charge < -0.3 is 16.2 Å². The summed E-state index contributed by atoms with van der Waals surface area (Å²) in [5, 5.41) is 13.4. The van der Waals surface area contributed by atoms with E-state index < -0.39 is 6.10 Å². The minimum absolute atomic E-state index is 0.0416. The van der Waals surface area contributed by atoms with Crippen molar-refractivity contribution in [2.45, 2.75) is 90.7 Å². The van der Waals surface area contributed by atoms with E-state index in [1.165, 1.54) is 32.1 Å². The largest absolute Gasteiger partial charge is 0.391 e. The van der Waals surface area contributed by atoms with Crippen molar-refractivity contribution in [1.82, 2.24) is 5.32 Å². The van der Waals surface area contributed by atoms with Crippen LogP contribution in [0.3, 0.4) is 0 Å². The number of carbonyl (C=O) groups is 1. The van der Waals surface area contributed by atoms with Crippen molar-refractivity contribution in [3.63, 3.8) is 0 Å². The minimum Gasteiger partial charge on any atom is -0.391 e. The molecule has 4 N–H and O–H groups in total. The zero-order chi connectivity index (χ0) is 18.7. The average Bonchev–Trinajstić information content (AvgIpc) is 2.59. The van der Waals surface area contributed by atoms with E-state index in [2.05, 4.69) is 26.1 Å². The number of unbranched alkanes of at least 4 members (excludes halogenated alkanes) is 1. The predicted molar refractivity (Wildman–Crippen MR) is 105 cm³/mol. The first kappa shape index (κ1) is 22.2. The van der Waals surface area contributed by atoms with Gasteiger partial charge in [0, 0.05) is 12.6 Å². The van der Waals surface area contributed by atoms with Gasteiger partial charge in [-0.1, -0.05) is 65.4 Å². The smallest absolute Gasteiger partial charge is 0.243 e. The van der Waals surface area contributed by atoms with Crippen LogP contribution in [-0.2, 0) is 4.79 Å². The summed E-state index contributed by atoms with van der Waals surface area (Å²) in [5.41, 5.74) is 6.28. The summed E-state index contributed by atoms with van der Waals surface area (Å²) >= 11 is 0. The zero-order valence-corrected chi connectivity index (χ0v) is 16.5. The Morgan fingerprint density at radius 2 is 1.96 bits per heavy atom. The summed E-state index contributed by atoms with van der Waals surface area (Å²) in [7, 11) is 0. The van der Waals surface area contributed by atoms with Gasteiger partial charge in [-0.05, 0) is 43.1 Å². The Hall–Kier alpha value is -0.870. The van der Waals surface area contributed by atoms with Crippen molar-refractivity contribution in [2.24, 2.45) is 23.5 Å². The van der Waals surface area contributed by atoms with E-state index in [0.717, 1.165) is 25.8 Å². The highest BCUT2D eigenvalue weighted by Gasteiger charge is 2.24. The maximum Gasteiger partial charge on any atom is 0.243 e. The van der Waals surface area contributed by atoms with Crippen LogP contribution in [0.15, 0.2) is 12.2 Å². The molecule has 0 saturated heterocycles. The highest BCUT2D eigenvalue weighted by molar-refractivity contribution is 5.87. The Bertz CT molecular complexity index is 389. The number of nitrogens with two attached hydrogens (primary N) is 1. The van der Waals surface area contributed by atoms with Crippen molar-refractivity contribution < 1.29 is 9.90 Å². The number of allylic oxidation sites excluding steroid dienone is 1. The SMILES string of the molecule is CCCCNC(=O)C=C[C@@H](C[C@H](O)[C@@H](N)CC1CCCCC1)C(C)C. The molecule has 0 spiro atoms. The molecular formula is C21H40N2O2. The molecule has 0 aliphatic heterocycles. The molecule has 25 heavy (non-hydrogen) atoms. The Morgan fingerprint density at radius 1 is 1.28 bits per heavy atom. The minimum atomic E-state index is -0.498. The van der Waals surface area contributed by atoms with Crippen LogP contribution in [0.2, 0.25) is 0 Å². The number of hydrogen-bond acceptors (Lipinski definition) is 3. The number of rotatable bonds is 11. The Labute approximate surface area is 154 Å². The van der Waals surface area contributed by atoms with E-state index in [9.17, 15) is 9.90 Å². The van der Waals surface area contributed by atoms with Gasteiger partial charge in [0.1, 0.15) is 0 Å². The normalized spacial score (nSPS) is 19.9. The van der Waals surface area contributed by atoms with E-state index in [0.29, 0.717) is 18.3 Å². The van der Waals surface area contributed by atoms with Crippen LogP contribution in [-0.4, -0.2) is 29.7 Å². The van der Waals surface area contributed by atoms with Crippen LogP contribution in [0.5, 0.6) is 0 Å². The average molecular weight is 353 g/mol. The molecule has 1 aliphatic carbocycles. The first-order valence-electron chi connectivity index (χ1n) is 10.3. The molecule has 0 heterocycles. The number of amides is 1. The molecule has 4 nitrogen and oxygen atoms in total. The number of aliphatic hydroxyl groups is 1. The maximum absolute atomic E-state index is 11.8. The standard InChI is InChI=1S/C21H40N2O2/c1-4-5-13-23-21(25)12-11-18(16(2)3)15-20(24)19(22)14-17-9-7-6-8-10-17/h11-12,16-20,24H,4-10,13-15,22H2,1-3H3,(H,23,25)/t18-,19-,20-/m0/s1. The topological polar surface area (TPSA) is 75.3 Å². The zero-order valence-electron chi connectivity index (χ0n) is 16.5. The van der Waals surface area contributed by atoms with Gasteiger partial charge in [-0.2, -0.15) is 0 Å². The molecule has 0 aromatic heterocycles. The number of aliphatic hydroxyl groups excluding tert-OH is 1. The fourth-order valence-corrected chi connectivity index (χ4v) is 3.65. The van der Waals surface area contributed by atoms with Crippen LogP contribution in [0.1, 0.15) is 78.6 Å². The summed E-state index contributed by atoms with van der Waals surface area (Å²) in [6, 6.07) is -0.156. The maximum atomic E-state index is 11.8. The Balaban J connectivity index is 2.44.